The number of benzene rings is 2. The Bertz CT molecular complexity index is 1250. The number of alkyl carbamates (subject to hydrolysis) is 1. The van der Waals surface area contributed by atoms with E-state index < -0.39 is 65.4 Å². The number of esters is 1. The lowest BCUT2D eigenvalue weighted by atomic mass is 9.91. The predicted molar refractivity (Wildman–Crippen MR) is 169 cm³/mol. The summed E-state index contributed by atoms with van der Waals surface area (Å²) in [4.78, 5) is 55.9. The first-order valence-electron chi connectivity index (χ1n) is 14.9. The standard InChI is InChI=1S/C34H49N3O7/c1-10-34(8,9)37(29(40)26(22-38)36-31(42)44-33(5,6)7)27(24-19-15-12-16-20-24)28(39)35-25(30(41)43-32(2,3)4)21-23-17-13-11-14-18-23/h11-20,25-27,38H,10,21-22H2,1-9H3,(H,35,39)(H,36,42). The van der Waals surface area contributed by atoms with E-state index in [0.29, 0.717) is 12.0 Å². The molecule has 0 aliphatic rings. The van der Waals surface area contributed by atoms with Gasteiger partial charge in [-0.1, -0.05) is 67.6 Å². The van der Waals surface area contributed by atoms with Crippen LogP contribution < -0.4 is 10.6 Å². The van der Waals surface area contributed by atoms with Crippen LogP contribution in [0.3, 0.4) is 0 Å². The Morgan fingerprint density at radius 2 is 1.30 bits per heavy atom. The number of aliphatic hydroxyl groups is 1. The number of carbonyl (C=O) groups is 4. The molecule has 0 aliphatic heterocycles. The summed E-state index contributed by atoms with van der Waals surface area (Å²) in [6.45, 7) is 15.0. The average molecular weight is 612 g/mol. The number of ether oxygens (including phenoxy) is 2. The van der Waals surface area contributed by atoms with E-state index in [0.717, 1.165) is 5.56 Å². The molecule has 10 nitrogen and oxygen atoms in total. The highest BCUT2D eigenvalue weighted by Gasteiger charge is 2.44. The molecule has 0 saturated heterocycles. The smallest absolute Gasteiger partial charge is 0.408 e. The van der Waals surface area contributed by atoms with Crippen molar-refractivity contribution in [3.05, 3.63) is 71.8 Å². The van der Waals surface area contributed by atoms with Crippen LogP contribution in [0.4, 0.5) is 4.79 Å². The Kier molecular flexibility index (Phi) is 12.5. The number of hydrogen-bond donors (Lipinski definition) is 3. The zero-order valence-corrected chi connectivity index (χ0v) is 27.5. The minimum atomic E-state index is -1.40. The van der Waals surface area contributed by atoms with Crippen molar-refractivity contribution in [1.82, 2.24) is 15.5 Å². The summed E-state index contributed by atoms with van der Waals surface area (Å²) in [6.07, 6.45) is -0.291. The van der Waals surface area contributed by atoms with Gasteiger partial charge in [0, 0.05) is 12.0 Å². The molecule has 0 aromatic heterocycles. The molecule has 0 bridgehead atoms. The van der Waals surface area contributed by atoms with E-state index in [2.05, 4.69) is 10.6 Å². The fraction of sp³-hybridized carbons (Fsp3) is 0.529. The van der Waals surface area contributed by atoms with E-state index in [1.54, 1.807) is 85.7 Å². The summed E-state index contributed by atoms with van der Waals surface area (Å²) in [5.41, 5.74) is -1.28. The average Bonchev–Trinajstić information content (AvgIpc) is 2.92. The molecule has 3 atom stereocenters. The summed E-state index contributed by atoms with van der Waals surface area (Å²) in [6, 6.07) is 14.2. The lowest BCUT2D eigenvalue weighted by Gasteiger charge is -2.44. The topological polar surface area (TPSA) is 134 Å². The Hall–Kier alpha value is -3.92. The molecule has 44 heavy (non-hydrogen) atoms. The van der Waals surface area contributed by atoms with Gasteiger partial charge in [-0.25, -0.2) is 9.59 Å². The van der Waals surface area contributed by atoms with Crippen LogP contribution in [0.2, 0.25) is 0 Å². The van der Waals surface area contributed by atoms with Gasteiger partial charge < -0.3 is 30.1 Å². The number of carbonyl (C=O) groups excluding carboxylic acids is 4. The predicted octanol–water partition coefficient (Wildman–Crippen LogP) is 4.70. The molecular weight excluding hydrogens is 562 g/mol. The van der Waals surface area contributed by atoms with E-state index in [1.807, 2.05) is 37.3 Å². The van der Waals surface area contributed by atoms with Crippen LogP contribution in [0.1, 0.15) is 85.9 Å². The maximum absolute atomic E-state index is 14.4. The summed E-state index contributed by atoms with van der Waals surface area (Å²) in [7, 11) is 0. The van der Waals surface area contributed by atoms with Crippen LogP contribution in [-0.2, 0) is 30.3 Å². The molecule has 2 aromatic carbocycles. The summed E-state index contributed by atoms with van der Waals surface area (Å²) in [5, 5.41) is 15.6. The van der Waals surface area contributed by atoms with Crippen LogP contribution in [0.5, 0.6) is 0 Å². The van der Waals surface area contributed by atoms with Gasteiger partial charge in [-0.05, 0) is 72.9 Å². The van der Waals surface area contributed by atoms with Crippen LogP contribution in [0, 0.1) is 0 Å². The van der Waals surface area contributed by atoms with Crippen LogP contribution in [0.15, 0.2) is 60.7 Å². The van der Waals surface area contributed by atoms with Gasteiger partial charge in [-0.15, -0.1) is 0 Å². The Morgan fingerprint density at radius 1 is 0.773 bits per heavy atom. The maximum Gasteiger partial charge on any atom is 0.408 e. The van der Waals surface area contributed by atoms with Crippen LogP contribution in [0.25, 0.3) is 0 Å². The third kappa shape index (κ3) is 11.0. The minimum absolute atomic E-state index is 0.160. The number of hydrogen-bond acceptors (Lipinski definition) is 7. The monoisotopic (exact) mass is 611 g/mol. The van der Waals surface area contributed by atoms with Crippen molar-refractivity contribution < 1.29 is 33.8 Å². The van der Waals surface area contributed by atoms with Crippen molar-refractivity contribution >= 4 is 23.9 Å². The largest absolute Gasteiger partial charge is 0.458 e. The first-order chi connectivity index (χ1) is 20.4. The molecular formula is C34H49N3O7. The van der Waals surface area contributed by atoms with Crippen LogP contribution in [-0.4, -0.2) is 69.3 Å². The molecule has 2 rings (SSSR count). The zero-order valence-electron chi connectivity index (χ0n) is 27.5. The number of rotatable bonds is 12. The SMILES string of the molecule is CCC(C)(C)N(C(=O)C(CO)NC(=O)OC(C)(C)C)C(C(=O)NC(Cc1ccccc1)C(=O)OC(C)(C)C)c1ccccc1. The van der Waals surface area contributed by atoms with Crippen molar-refractivity contribution in [1.29, 1.82) is 0 Å². The Morgan fingerprint density at radius 3 is 1.77 bits per heavy atom. The summed E-state index contributed by atoms with van der Waals surface area (Å²) < 4.78 is 11.0. The van der Waals surface area contributed by atoms with Crippen LogP contribution >= 0.6 is 0 Å². The molecule has 0 fully saturated rings. The number of aliphatic hydroxyl groups excluding tert-OH is 1. The van der Waals surface area contributed by atoms with Crippen molar-refractivity contribution in [2.45, 2.75) is 110 Å². The number of amides is 3. The first-order valence-corrected chi connectivity index (χ1v) is 14.9. The van der Waals surface area contributed by atoms with Gasteiger partial charge in [-0.3, -0.25) is 9.59 Å². The fourth-order valence-electron chi connectivity index (χ4n) is 4.47. The van der Waals surface area contributed by atoms with Gasteiger partial charge in [0.2, 0.25) is 11.8 Å². The molecule has 10 heteroatoms. The molecule has 0 saturated carbocycles. The molecule has 3 amide bonds. The quantitative estimate of drug-likeness (QED) is 0.296. The first kappa shape index (κ1) is 36.3. The van der Waals surface area contributed by atoms with E-state index in [1.165, 1.54) is 4.90 Å². The minimum Gasteiger partial charge on any atom is -0.458 e. The number of nitrogens with zero attached hydrogens (tertiary/aromatic N) is 1. The molecule has 2 aromatic rings. The summed E-state index contributed by atoms with van der Waals surface area (Å²) in [5.74, 6) is -1.92. The highest BCUT2D eigenvalue weighted by atomic mass is 16.6. The van der Waals surface area contributed by atoms with Gasteiger partial charge >= 0.3 is 12.1 Å². The second-order valence-corrected chi connectivity index (χ2v) is 13.4. The normalized spacial score (nSPS) is 14.0. The highest BCUT2D eigenvalue weighted by molar-refractivity contribution is 5.94. The van der Waals surface area contributed by atoms with E-state index in [-0.39, 0.29) is 6.42 Å². The summed E-state index contributed by atoms with van der Waals surface area (Å²) >= 11 is 0. The van der Waals surface area contributed by atoms with E-state index in [4.69, 9.17) is 9.47 Å². The fourth-order valence-corrected chi connectivity index (χ4v) is 4.47. The lowest BCUT2D eigenvalue weighted by molar-refractivity contribution is -0.159. The second-order valence-electron chi connectivity index (χ2n) is 13.4. The van der Waals surface area contributed by atoms with E-state index in [9.17, 15) is 24.3 Å². The van der Waals surface area contributed by atoms with Crippen molar-refractivity contribution in [2.75, 3.05) is 6.61 Å². The third-order valence-corrected chi connectivity index (χ3v) is 6.84. The maximum atomic E-state index is 14.4. The lowest BCUT2D eigenvalue weighted by Crippen LogP contribution is -2.61. The van der Waals surface area contributed by atoms with Gasteiger partial charge in [0.15, 0.2) is 0 Å². The van der Waals surface area contributed by atoms with E-state index >= 15 is 0 Å². The molecule has 242 valence electrons. The molecule has 0 spiro atoms. The van der Waals surface area contributed by atoms with Gasteiger partial charge in [0.05, 0.1) is 6.61 Å². The molecule has 0 aliphatic carbocycles. The zero-order chi connectivity index (χ0) is 33.3. The van der Waals surface area contributed by atoms with Gasteiger partial charge in [0.1, 0.15) is 29.3 Å². The number of nitrogens with one attached hydrogen (secondary N) is 2. The van der Waals surface area contributed by atoms with Crippen molar-refractivity contribution in [3.63, 3.8) is 0 Å². The molecule has 3 unspecified atom stereocenters. The van der Waals surface area contributed by atoms with Gasteiger partial charge in [0.25, 0.3) is 0 Å². The van der Waals surface area contributed by atoms with Gasteiger partial charge in [-0.2, -0.15) is 0 Å². The molecule has 3 N–H and O–H groups in total. The Labute approximate surface area is 261 Å². The Balaban J connectivity index is 2.60. The third-order valence-electron chi connectivity index (χ3n) is 6.84. The molecule has 0 radical (unpaired) electrons. The van der Waals surface area contributed by atoms with Crippen molar-refractivity contribution in [3.8, 4) is 0 Å². The van der Waals surface area contributed by atoms with Crippen molar-refractivity contribution in [2.24, 2.45) is 0 Å². The molecule has 0 heterocycles. The highest BCUT2D eigenvalue weighted by Crippen LogP contribution is 2.32. The second kappa shape index (κ2) is 15.2.